The summed E-state index contributed by atoms with van der Waals surface area (Å²) in [6.07, 6.45) is 3.87. The Hall–Kier alpha value is -1.92. The predicted octanol–water partition coefficient (Wildman–Crippen LogP) is 1.73. The zero-order valence-corrected chi connectivity index (χ0v) is 12.4. The highest BCUT2D eigenvalue weighted by molar-refractivity contribution is 5.34. The zero-order chi connectivity index (χ0) is 14.9. The maximum atomic E-state index is 10.1. The fraction of sp³-hybridized carbons (Fsp3) is 0.500. The van der Waals surface area contributed by atoms with Gasteiger partial charge in [0.15, 0.2) is 0 Å². The van der Waals surface area contributed by atoms with Gasteiger partial charge in [0.25, 0.3) is 5.88 Å². The summed E-state index contributed by atoms with van der Waals surface area (Å²) >= 11 is 0. The highest BCUT2D eigenvalue weighted by Crippen LogP contribution is 2.31. The Morgan fingerprint density at radius 1 is 1.23 bits per heavy atom. The molecule has 0 radical (unpaired) electrons. The van der Waals surface area contributed by atoms with Crippen molar-refractivity contribution in [2.75, 3.05) is 13.2 Å². The molecule has 2 aliphatic rings. The lowest BCUT2D eigenvalue weighted by Gasteiger charge is -2.37. The smallest absolute Gasteiger partial charge is 0.256 e. The molecule has 2 aromatic rings. The number of ether oxygens (including phenoxy) is 1. The van der Waals surface area contributed by atoms with Crippen molar-refractivity contribution in [3.05, 3.63) is 36.0 Å². The van der Waals surface area contributed by atoms with E-state index in [0.717, 1.165) is 31.0 Å². The van der Waals surface area contributed by atoms with E-state index >= 15 is 0 Å². The first kappa shape index (κ1) is 13.7. The third kappa shape index (κ3) is 2.38. The van der Waals surface area contributed by atoms with Gasteiger partial charge in [-0.1, -0.05) is 28.5 Å². The van der Waals surface area contributed by atoms with Crippen LogP contribution in [0.1, 0.15) is 25.0 Å². The molecular formula is C16H20N4O2. The highest BCUT2D eigenvalue weighted by Gasteiger charge is 2.36. The number of fused-ring (bicyclic) bond motifs is 1. The zero-order valence-electron chi connectivity index (χ0n) is 12.4. The van der Waals surface area contributed by atoms with Crippen LogP contribution in [0.15, 0.2) is 30.3 Å². The Morgan fingerprint density at radius 2 is 2.09 bits per heavy atom. The van der Waals surface area contributed by atoms with Crippen LogP contribution in [0, 0.1) is 0 Å². The van der Waals surface area contributed by atoms with Gasteiger partial charge in [-0.2, -0.15) is 0 Å². The molecule has 0 amide bonds. The van der Waals surface area contributed by atoms with E-state index in [2.05, 4.69) is 15.2 Å². The summed E-state index contributed by atoms with van der Waals surface area (Å²) < 4.78 is 7.59. The van der Waals surface area contributed by atoms with Crippen LogP contribution in [0.25, 0.3) is 5.69 Å². The fourth-order valence-corrected chi connectivity index (χ4v) is 3.60. The van der Waals surface area contributed by atoms with Gasteiger partial charge in [-0.25, -0.2) is 4.68 Å². The Morgan fingerprint density at radius 3 is 2.95 bits per heavy atom. The number of nitrogens with zero attached hydrogens (tertiary/aromatic N) is 4. The number of aromatic nitrogens is 3. The molecule has 1 saturated carbocycles. The summed E-state index contributed by atoms with van der Waals surface area (Å²) in [6.45, 7) is 2.30. The van der Waals surface area contributed by atoms with E-state index in [1.54, 1.807) is 4.68 Å². The summed E-state index contributed by atoms with van der Waals surface area (Å²) in [5.74, 6) is 0.0184. The van der Waals surface area contributed by atoms with E-state index < -0.39 is 0 Å². The van der Waals surface area contributed by atoms with Gasteiger partial charge in [0, 0.05) is 19.1 Å². The maximum absolute atomic E-state index is 10.1. The number of aromatic hydroxyl groups is 1. The molecule has 0 unspecified atom stereocenters. The first-order valence-electron chi connectivity index (χ1n) is 7.87. The molecule has 1 saturated heterocycles. The van der Waals surface area contributed by atoms with Gasteiger partial charge in [-0.05, 0) is 31.4 Å². The monoisotopic (exact) mass is 300 g/mol. The van der Waals surface area contributed by atoms with E-state index in [9.17, 15) is 5.11 Å². The molecule has 4 rings (SSSR count). The van der Waals surface area contributed by atoms with Gasteiger partial charge in [-0.15, -0.1) is 0 Å². The summed E-state index contributed by atoms with van der Waals surface area (Å²) in [7, 11) is 0. The van der Waals surface area contributed by atoms with Crippen molar-refractivity contribution in [1.82, 2.24) is 19.9 Å². The number of morpholine rings is 1. The third-order valence-corrected chi connectivity index (χ3v) is 4.69. The molecule has 2 heterocycles. The van der Waals surface area contributed by atoms with Crippen LogP contribution in [0.4, 0.5) is 0 Å². The van der Waals surface area contributed by atoms with Gasteiger partial charge in [-0.3, -0.25) is 4.90 Å². The number of benzene rings is 1. The average Bonchev–Trinajstić information content (AvgIpc) is 3.16. The van der Waals surface area contributed by atoms with Crippen LogP contribution < -0.4 is 0 Å². The van der Waals surface area contributed by atoms with Crippen LogP contribution in [0.3, 0.4) is 0 Å². The molecule has 1 N–H and O–H groups in total. The van der Waals surface area contributed by atoms with Crippen molar-refractivity contribution in [2.24, 2.45) is 0 Å². The molecule has 6 heteroatoms. The van der Waals surface area contributed by atoms with Crippen LogP contribution in [0.5, 0.6) is 5.88 Å². The van der Waals surface area contributed by atoms with Gasteiger partial charge >= 0.3 is 0 Å². The van der Waals surface area contributed by atoms with Gasteiger partial charge in [0.05, 0.1) is 18.4 Å². The van der Waals surface area contributed by atoms with Gasteiger partial charge in [0.2, 0.25) is 0 Å². The molecule has 2 fully saturated rings. The lowest BCUT2D eigenvalue weighted by molar-refractivity contribution is -0.0595. The van der Waals surface area contributed by atoms with Crippen LogP contribution >= 0.6 is 0 Å². The average molecular weight is 300 g/mol. The minimum Gasteiger partial charge on any atom is -0.491 e. The number of rotatable bonds is 3. The fourth-order valence-electron chi connectivity index (χ4n) is 3.60. The molecular weight excluding hydrogens is 280 g/mol. The summed E-state index contributed by atoms with van der Waals surface area (Å²) in [4.78, 5) is 2.40. The van der Waals surface area contributed by atoms with Crippen molar-refractivity contribution < 1.29 is 9.84 Å². The van der Waals surface area contributed by atoms with E-state index in [1.165, 1.54) is 12.8 Å². The number of para-hydroxylation sites is 1. The molecule has 0 spiro atoms. The normalized spacial score (nSPS) is 25.3. The van der Waals surface area contributed by atoms with Crippen molar-refractivity contribution in [2.45, 2.75) is 38.0 Å². The third-order valence-electron chi connectivity index (χ3n) is 4.69. The highest BCUT2D eigenvalue weighted by atomic mass is 16.5. The van der Waals surface area contributed by atoms with Crippen molar-refractivity contribution in [3.63, 3.8) is 0 Å². The van der Waals surface area contributed by atoms with E-state index in [1.807, 2.05) is 30.3 Å². The first-order chi connectivity index (χ1) is 10.8. The van der Waals surface area contributed by atoms with E-state index in [4.69, 9.17) is 4.74 Å². The second-order valence-corrected chi connectivity index (χ2v) is 5.99. The largest absolute Gasteiger partial charge is 0.491 e. The van der Waals surface area contributed by atoms with Crippen LogP contribution in [-0.2, 0) is 11.3 Å². The minimum atomic E-state index is 0.0184. The molecule has 116 valence electrons. The Balaban J connectivity index is 1.62. The van der Waals surface area contributed by atoms with E-state index in [0.29, 0.717) is 18.7 Å². The van der Waals surface area contributed by atoms with Crippen LogP contribution in [-0.4, -0.2) is 50.3 Å². The topological polar surface area (TPSA) is 63.4 Å². The molecule has 0 bridgehead atoms. The molecule has 22 heavy (non-hydrogen) atoms. The Kier molecular flexibility index (Phi) is 3.56. The van der Waals surface area contributed by atoms with Crippen molar-refractivity contribution >= 4 is 0 Å². The minimum absolute atomic E-state index is 0.0184. The summed E-state index contributed by atoms with van der Waals surface area (Å²) in [5, 5.41) is 18.1. The molecule has 1 aliphatic heterocycles. The molecule has 1 aromatic carbocycles. The molecule has 6 nitrogen and oxygen atoms in total. The lowest BCUT2D eigenvalue weighted by atomic mass is 10.1. The summed E-state index contributed by atoms with van der Waals surface area (Å²) in [5.41, 5.74) is 1.67. The van der Waals surface area contributed by atoms with Crippen molar-refractivity contribution in [1.29, 1.82) is 0 Å². The SMILES string of the molecule is Oc1nnn(-c2ccccc2)c1CN1CCO[C@H]2CCC[C@@H]21. The van der Waals surface area contributed by atoms with Crippen molar-refractivity contribution in [3.8, 4) is 11.6 Å². The van der Waals surface area contributed by atoms with Gasteiger partial charge < -0.3 is 9.84 Å². The first-order valence-corrected chi connectivity index (χ1v) is 7.87. The second kappa shape index (κ2) is 5.70. The van der Waals surface area contributed by atoms with E-state index in [-0.39, 0.29) is 5.88 Å². The molecule has 1 aliphatic carbocycles. The Labute approximate surface area is 129 Å². The standard InChI is InChI=1S/C16H20N4O2/c21-16-14(20(18-17-16)12-5-2-1-3-6-12)11-19-9-10-22-15-8-4-7-13(15)19/h1-3,5-6,13,15,21H,4,7-11H2/t13-,15-/m0/s1. The molecule has 2 atom stereocenters. The van der Waals surface area contributed by atoms with Crippen LogP contribution in [0.2, 0.25) is 0 Å². The van der Waals surface area contributed by atoms with Gasteiger partial charge in [0.1, 0.15) is 5.69 Å². The Bertz CT molecular complexity index is 643. The maximum Gasteiger partial charge on any atom is 0.256 e. The number of hydrogen-bond donors (Lipinski definition) is 1. The lowest BCUT2D eigenvalue weighted by Crippen LogP contribution is -2.48. The number of hydrogen-bond acceptors (Lipinski definition) is 5. The predicted molar refractivity (Wildman–Crippen MR) is 80.8 cm³/mol. The summed E-state index contributed by atoms with van der Waals surface area (Å²) in [6, 6.07) is 10.3. The quantitative estimate of drug-likeness (QED) is 0.935. The molecule has 1 aromatic heterocycles. The second-order valence-electron chi connectivity index (χ2n) is 5.99.